The summed E-state index contributed by atoms with van der Waals surface area (Å²) in [5, 5.41) is 22.9. The van der Waals surface area contributed by atoms with Crippen LogP contribution in [0, 0.1) is 12.8 Å². The first kappa shape index (κ1) is 15.3. The van der Waals surface area contributed by atoms with Crippen molar-refractivity contribution in [1.29, 1.82) is 0 Å². The molecule has 4 atom stereocenters. The lowest BCUT2D eigenvalue weighted by atomic mass is 9.98. The summed E-state index contributed by atoms with van der Waals surface area (Å²) in [7, 11) is 0. The molecule has 0 radical (unpaired) electrons. The van der Waals surface area contributed by atoms with Gasteiger partial charge in [-0.1, -0.05) is 5.11 Å². The van der Waals surface area contributed by atoms with Gasteiger partial charge in [-0.15, -0.1) is 0 Å². The van der Waals surface area contributed by atoms with Gasteiger partial charge in [-0.25, -0.2) is 4.79 Å². The number of rotatable bonds is 4. The second-order valence-corrected chi connectivity index (χ2v) is 4.79. The van der Waals surface area contributed by atoms with Crippen molar-refractivity contribution in [3.05, 3.63) is 43.0 Å². The number of aliphatic hydroxyl groups excluding tert-OH is 2. The van der Waals surface area contributed by atoms with Crippen LogP contribution in [0.4, 0.5) is 0 Å². The molecule has 21 heavy (non-hydrogen) atoms. The van der Waals surface area contributed by atoms with Crippen molar-refractivity contribution in [2.24, 2.45) is 11.0 Å². The van der Waals surface area contributed by atoms with Gasteiger partial charge in [0.2, 0.25) is 0 Å². The number of nitrogens with zero attached hydrogens (tertiary/aromatic N) is 4. The summed E-state index contributed by atoms with van der Waals surface area (Å²) in [6.45, 7) is 1.05. The molecule has 0 bridgehead atoms. The highest BCUT2D eigenvalue weighted by atomic mass is 16.5. The predicted molar refractivity (Wildman–Crippen MR) is 70.6 cm³/mol. The number of aryl methyl sites for hydroxylation is 1. The zero-order valence-electron chi connectivity index (χ0n) is 11.2. The molecule has 10 heteroatoms. The van der Waals surface area contributed by atoms with E-state index in [1.54, 1.807) is 0 Å². The van der Waals surface area contributed by atoms with Crippen molar-refractivity contribution < 1.29 is 14.9 Å². The molecule has 0 saturated carbocycles. The number of hydrogen-bond acceptors (Lipinski definition) is 6. The number of nitrogens with one attached hydrogen (secondary N) is 1. The van der Waals surface area contributed by atoms with Crippen LogP contribution in [0.3, 0.4) is 0 Å². The molecule has 3 N–H and O–H groups in total. The van der Waals surface area contributed by atoms with Crippen molar-refractivity contribution in [2.45, 2.75) is 25.4 Å². The van der Waals surface area contributed by atoms with E-state index in [0.717, 1.165) is 4.57 Å². The highest BCUT2D eigenvalue weighted by Gasteiger charge is 2.44. The van der Waals surface area contributed by atoms with E-state index in [9.17, 15) is 19.8 Å². The number of aromatic nitrogens is 2. The largest absolute Gasteiger partial charge is 0.394 e. The van der Waals surface area contributed by atoms with Gasteiger partial charge in [-0.05, 0) is 12.5 Å². The van der Waals surface area contributed by atoms with Crippen LogP contribution in [-0.2, 0) is 4.74 Å². The van der Waals surface area contributed by atoms with Gasteiger partial charge in [-0.3, -0.25) is 14.3 Å². The molecular formula is C11H15N5O5. The molecule has 2 heterocycles. The zero-order valence-corrected chi connectivity index (χ0v) is 11.2. The number of aliphatic hydroxyl groups is 2. The molecule has 10 nitrogen and oxygen atoms in total. The van der Waals surface area contributed by atoms with Gasteiger partial charge in [0.25, 0.3) is 5.56 Å². The third kappa shape index (κ3) is 2.83. The second-order valence-electron chi connectivity index (χ2n) is 4.79. The van der Waals surface area contributed by atoms with Crippen LogP contribution in [0.5, 0.6) is 0 Å². The minimum Gasteiger partial charge on any atom is -0.394 e. The summed E-state index contributed by atoms with van der Waals surface area (Å²) in [6.07, 6.45) is -1.71. The van der Waals surface area contributed by atoms with Crippen molar-refractivity contribution in [3.63, 3.8) is 0 Å². The fourth-order valence-electron chi connectivity index (χ4n) is 2.33. The normalized spacial score (nSPS) is 28.3. The van der Waals surface area contributed by atoms with Crippen LogP contribution < -0.4 is 11.2 Å². The van der Waals surface area contributed by atoms with E-state index in [1.807, 2.05) is 0 Å². The summed E-state index contributed by atoms with van der Waals surface area (Å²) in [5.74, 6) is -0.643. The number of H-pyrrole nitrogens is 1. The summed E-state index contributed by atoms with van der Waals surface area (Å²) in [4.78, 5) is 27.9. The van der Waals surface area contributed by atoms with Gasteiger partial charge in [0, 0.05) is 29.1 Å². The Balaban J connectivity index is 2.37. The minimum atomic E-state index is -1.16. The summed E-state index contributed by atoms with van der Waals surface area (Å²) in [5.41, 5.74) is 7.38. The van der Waals surface area contributed by atoms with Crippen LogP contribution in [0.15, 0.2) is 20.9 Å². The predicted octanol–water partition coefficient (Wildman–Crippen LogP) is -0.978. The molecule has 1 saturated heterocycles. The third-order valence-corrected chi connectivity index (χ3v) is 3.48. The summed E-state index contributed by atoms with van der Waals surface area (Å²) in [6, 6.07) is 0. The number of ether oxygens (including phenoxy) is 1. The van der Waals surface area contributed by atoms with Crippen LogP contribution in [0.1, 0.15) is 11.8 Å². The van der Waals surface area contributed by atoms with Crippen molar-refractivity contribution in [1.82, 2.24) is 9.55 Å². The fourth-order valence-corrected chi connectivity index (χ4v) is 2.33. The quantitative estimate of drug-likeness (QED) is 0.370. The molecule has 2 rings (SSSR count). The highest BCUT2D eigenvalue weighted by molar-refractivity contribution is 5.03. The Morgan fingerprint density at radius 1 is 1.57 bits per heavy atom. The van der Waals surface area contributed by atoms with Gasteiger partial charge >= 0.3 is 5.69 Å². The first-order valence-corrected chi connectivity index (χ1v) is 6.27. The molecule has 1 fully saturated rings. The Morgan fingerprint density at radius 3 is 2.90 bits per heavy atom. The molecule has 114 valence electrons. The van der Waals surface area contributed by atoms with E-state index in [-0.39, 0.29) is 12.1 Å². The Kier molecular flexibility index (Phi) is 4.43. The Labute approximate surface area is 118 Å². The maximum atomic E-state index is 11.8. The van der Waals surface area contributed by atoms with Gasteiger partial charge in [-0.2, -0.15) is 0 Å². The number of aromatic amines is 1. The van der Waals surface area contributed by atoms with Crippen molar-refractivity contribution in [2.75, 3.05) is 13.2 Å². The van der Waals surface area contributed by atoms with E-state index in [0.29, 0.717) is 0 Å². The first-order valence-electron chi connectivity index (χ1n) is 6.27. The molecule has 0 spiro atoms. The lowest BCUT2D eigenvalue weighted by Gasteiger charge is -2.18. The SMILES string of the molecule is Cc1cn([C@@H]2OC(CO)[C@@H](CN=[N+]=[N-])[C@@H]2O)c(=O)[nH]c1=O. The lowest BCUT2D eigenvalue weighted by molar-refractivity contribution is -0.0536. The zero-order chi connectivity index (χ0) is 15.6. The standard InChI is InChI=1S/C11H15N5O5/c1-5-3-16(11(20)14-9(5)19)10-8(18)6(2-13-15-12)7(4-17)21-10/h3,6-8,10,17-18H,2,4H2,1H3,(H,14,19,20)/t6-,7?,8+,10-/m1/s1. The van der Waals surface area contributed by atoms with Gasteiger partial charge < -0.3 is 14.9 Å². The Bertz CT molecular complexity index is 676. The van der Waals surface area contributed by atoms with Crippen molar-refractivity contribution in [3.8, 4) is 0 Å². The molecule has 1 unspecified atom stereocenters. The average Bonchev–Trinajstić information content (AvgIpc) is 2.77. The molecular weight excluding hydrogens is 282 g/mol. The van der Waals surface area contributed by atoms with E-state index in [2.05, 4.69) is 15.0 Å². The minimum absolute atomic E-state index is 0.0729. The molecule has 1 aromatic heterocycles. The first-order chi connectivity index (χ1) is 9.99. The highest BCUT2D eigenvalue weighted by Crippen LogP contribution is 2.33. The molecule has 0 aromatic carbocycles. The van der Waals surface area contributed by atoms with E-state index < -0.39 is 42.2 Å². The van der Waals surface area contributed by atoms with Crippen LogP contribution in [-0.4, -0.2) is 45.1 Å². The number of hydrogen-bond donors (Lipinski definition) is 3. The monoisotopic (exact) mass is 297 g/mol. The molecule has 0 amide bonds. The topological polar surface area (TPSA) is 153 Å². The van der Waals surface area contributed by atoms with E-state index in [1.165, 1.54) is 13.1 Å². The van der Waals surface area contributed by atoms with Crippen molar-refractivity contribution >= 4 is 0 Å². The third-order valence-electron chi connectivity index (χ3n) is 3.48. The average molecular weight is 297 g/mol. The van der Waals surface area contributed by atoms with Crippen LogP contribution in [0.25, 0.3) is 10.4 Å². The fraction of sp³-hybridized carbons (Fsp3) is 0.636. The molecule has 0 aliphatic carbocycles. The second kappa shape index (κ2) is 6.10. The van der Waals surface area contributed by atoms with Gasteiger partial charge in [0.15, 0.2) is 6.23 Å². The molecule has 1 aromatic rings. The van der Waals surface area contributed by atoms with Gasteiger partial charge in [0.05, 0.1) is 12.7 Å². The molecule has 1 aliphatic heterocycles. The maximum Gasteiger partial charge on any atom is 0.330 e. The Hall–Kier alpha value is -2.13. The Morgan fingerprint density at radius 2 is 2.29 bits per heavy atom. The summed E-state index contributed by atoms with van der Waals surface area (Å²) >= 11 is 0. The number of azide groups is 1. The van der Waals surface area contributed by atoms with E-state index >= 15 is 0 Å². The lowest BCUT2D eigenvalue weighted by Crippen LogP contribution is -2.37. The summed E-state index contributed by atoms with van der Waals surface area (Å²) < 4.78 is 6.51. The molecule has 1 aliphatic rings. The van der Waals surface area contributed by atoms with Crippen LogP contribution in [0.2, 0.25) is 0 Å². The van der Waals surface area contributed by atoms with Crippen LogP contribution >= 0.6 is 0 Å². The van der Waals surface area contributed by atoms with Gasteiger partial charge in [0.1, 0.15) is 6.10 Å². The smallest absolute Gasteiger partial charge is 0.330 e. The maximum absolute atomic E-state index is 11.8. The van der Waals surface area contributed by atoms with E-state index in [4.69, 9.17) is 10.3 Å².